The predicted molar refractivity (Wildman–Crippen MR) is 79.4 cm³/mol. The van der Waals surface area contributed by atoms with E-state index < -0.39 is 0 Å². The van der Waals surface area contributed by atoms with E-state index in [1.807, 2.05) is 18.2 Å². The third-order valence-electron chi connectivity index (χ3n) is 3.53. The highest BCUT2D eigenvalue weighted by Gasteiger charge is 2.16. The van der Waals surface area contributed by atoms with Crippen molar-refractivity contribution in [1.29, 1.82) is 0 Å². The Morgan fingerprint density at radius 3 is 2.20 bits per heavy atom. The van der Waals surface area contributed by atoms with Crippen LogP contribution in [0.25, 0.3) is 0 Å². The lowest BCUT2D eigenvalue weighted by Gasteiger charge is -2.21. The third-order valence-corrected chi connectivity index (χ3v) is 3.53. The smallest absolute Gasteiger partial charge is 0.161 e. The van der Waals surface area contributed by atoms with Crippen molar-refractivity contribution in [3.05, 3.63) is 58.7 Å². The molecule has 1 heterocycles. The molecule has 0 spiro atoms. The molecule has 0 saturated carbocycles. The summed E-state index contributed by atoms with van der Waals surface area (Å²) >= 11 is 0. The molecule has 0 saturated heterocycles. The van der Waals surface area contributed by atoms with Gasteiger partial charge in [-0.05, 0) is 37.1 Å². The van der Waals surface area contributed by atoms with Gasteiger partial charge in [0, 0.05) is 0 Å². The minimum atomic E-state index is -0.149. The maximum absolute atomic E-state index is 6.39. The molecule has 0 amide bonds. The summed E-state index contributed by atoms with van der Waals surface area (Å²) in [5.74, 6) is 1.58. The van der Waals surface area contributed by atoms with Crippen LogP contribution in [0, 0.1) is 13.8 Å². The van der Waals surface area contributed by atoms with Gasteiger partial charge in [-0.3, -0.25) is 0 Å². The van der Waals surface area contributed by atoms with Gasteiger partial charge in [0.1, 0.15) is 13.2 Å². The van der Waals surface area contributed by atoms with Gasteiger partial charge in [-0.15, -0.1) is 0 Å². The fraction of sp³-hybridized carbons (Fsp3) is 0.294. The summed E-state index contributed by atoms with van der Waals surface area (Å²) in [6.45, 7) is 5.38. The monoisotopic (exact) mass is 269 g/mol. The Balaban J connectivity index is 1.95. The van der Waals surface area contributed by atoms with Crippen molar-refractivity contribution < 1.29 is 9.47 Å². The number of hydrogen-bond donors (Lipinski definition) is 1. The summed E-state index contributed by atoms with van der Waals surface area (Å²) < 4.78 is 11.2. The third kappa shape index (κ3) is 2.49. The first kappa shape index (κ1) is 13.0. The lowest BCUT2D eigenvalue weighted by Crippen LogP contribution is -2.17. The topological polar surface area (TPSA) is 44.5 Å². The molecule has 1 aliphatic heterocycles. The van der Waals surface area contributed by atoms with Crippen LogP contribution in [0.2, 0.25) is 0 Å². The molecule has 0 aliphatic carbocycles. The Bertz CT molecular complexity index is 617. The SMILES string of the molecule is Cc1cc(C)cc(C(N)c2ccc3c(c2)OCCO3)c1. The molecule has 3 nitrogen and oxygen atoms in total. The molecular weight excluding hydrogens is 250 g/mol. The first-order valence-electron chi connectivity index (χ1n) is 6.87. The van der Waals surface area contributed by atoms with E-state index in [0.29, 0.717) is 13.2 Å². The summed E-state index contributed by atoms with van der Waals surface area (Å²) in [6, 6.07) is 12.2. The van der Waals surface area contributed by atoms with Gasteiger partial charge in [-0.25, -0.2) is 0 Å². The molecule has 2 aromatic carbocycles. The highest BCUT2D eigenvalue weighted by atomic mass is 16.6. The second-order valence-electron chi connectivity index (χ2n) is 5.30. The molecule has 1 unspecified atom stereocenters. The van der Waals surface area contributed by atoms with E-state index in [1.165, 1.54) is 11.1 Å². The average molecular weight is 269 g/mol. The second-order valence-corrected chi connectivity index (χ2v) is 5.30. The van der Waals surface area contributed by atoms with Gasteiger partial charge in [0.05, 0.1) is 6.04 Å². The number of rotatable bonds is 2. The lowest BCUT2D eigenvalue weighted by atomic mass is 9.96. The number of aryl methyl sites for hydroxylation is 2. The summed E-state index contributed by atoms with van der Waals surface area (Å²) in [4.78, 5) is 0. The average Bonchev–Trinajstić information content (AvgIpc) is 2.45. The van der Waals surface area contributed by atoms with Crippen LogP contribution in [0.15, 0.2) is 36.4 Å². The van der Waals surface area contributed by atoms with Crippen LogP contribution in [-0.4, -0.2) is 13.2 Å². The first-order valence-corrected chi connectivity index (χ1v) is 6.87. The quantitative estimate of drug-likeness (QED) is 0.911. The molecular formula is C17H19NO2. The number of hydrogen-bond acceptors (Lipinski definition) is 3. The number of benzene rings is 2. The van der Waals surface area contributed by atoms with E-state index in [-0.39, 0.29) is 6.04 Å². The standard InChI is InChI=1S/C17H19NO2/c1-11-7-12(2)9-14(8-11)17(18)13-3-4-15-16(10-13)20-6-5-19-15/h3-4,7-10,17H,5-6,18H2,1-2H3. The van der Waals surface area contributed by atoms with Crippen LogP contribution in [0.1, 0.15) is 28.3 Å². The molecule has 20 heavy (non-hydrogen) atoms. The Labute approximate surface area is 119 Å². The summed E-state index contributed by atoms with van der Waals surface area (Å²) in [5, 5.41) is 0. The highest BCUT2D eigenvalue weighted by Crippen LogP contribution is 2.33. The van der Waals surface area contributed by atoms with E-state index in [9.17, 15) is 0 Å². The van der Waals surface area contributed by atoms with Crippen molar-refractivity contribution in [2.24, 2.45) is 5.73 Å². The van der Waals surface area contributed by atoms with Crippen LogP contribution in [-0.2, 0) is 0 Å². The van der Waals surface area contributed by atoms with Crippen molar-refractivity contribution in [1.82, 2.24) is 0 Å². The summed E-state index contributed by atoms with van der Waals surface area (Å²) in [6.07, 6.45) is 0. The van der Waals surface area contributed by atoms with Crippen molar-refractivity contribution in [3.63, 3.8) is 0 Å². The maximum atomic E-state index is 6.39. The second kappa shape index (κ2) is 5.17. The largest absolute Gasteiger partial charge is 0.486 e. The lowest BCUT2D eigenvalue weighted by molar-refractivity contribution is 0.171. The van der Waals surface area contributed by atoms with Crippen LogP contribution < -0.4 is 15.2 Å². The summed E-state index contributed by atoms with van der Waals surface area (Å²) in [7, 11) is 0. The summed E-state index contributed by atoms with van der Waals surface area (Å²) in [5.41, 5.74) is 11.0. The van der Waals surface area contributed by atoms with Gasteiger partial charge in [0.25, 0.3) is 0 Å². The Kier molecular flexibility index (Phi) is 3.36. The van der Waals surface area contributed by atoms with Crippen LogP contribution in [0.4, 0.5) is 0 Å². The number of nitrogens with two attached hydrogens (primary N) is 1. The Hall–Kier alpha value is -2.00. The Morgan fingerprint density at radius 1 is 0.850 bits per heavy atom. The maximum Gasteiger partial charge on any atom is 0.161 e. The number of ether oxygens (including phenoxy) is 2. The zero-order valence-corrected chi connectivity index (χ0v) is 11.8. The molecule has 3 heteroatoms. The van der Waals surface area contributed by atoms with E-state index in [2.05, 4.69) is 32.0 Å². The van der Waals surface area contributed by atoms with E-state index >= 15 is 0 Å². The molecule has 0 aromatic heterocycles. The van der Waals surface area contributed by atoms with Crippen molar-refractivity contribution in [2.75, 3.05) is 13.2 Å². The van der Waals surface area contributed by atoms with Gasteiger partial charge in [0.2, 0.25) is 0 Å². The molecule has 104 valence electrons. The Morgan fingerprint density at radius 2 is 1.50 bits per heavy atom. The molecule has 3 rings (SSSR count). The van der Waals surface area contributed by atoms with Crippen molar-refractivity contribution >= 4 is 0 Å². The molecule has 0 bridgehead atoms. The highest BCUT2D eigenvalue weighted by molar-refractivity contribution is 5.47. The van der Waals surface area contributed by atoms with Crippen LogP contribution in [0.5, 0.6) is 11.5 Å². The zero-order chi connectivity index (χ0) is 14.1. The predicted octanol–water partition coefficient (Wildman–Crippen LogP) is 3.12. The van der Waals surface area contributed by atoms with Gasteiger partial charge >= 0.3 is 0 Å². The van der Waals surface area contributed by atoms with E-state index in [1.54, 1.807) is 0 Å². The minimum absolute atomic E-state index is 0.149. The molecule has 2 aromatic rings. The molecule has 2 N–H and O–H groups in total. The fourth-order valence-corrected chi connectivity index (χ4v) is 2.64. The van der Waals surface area contributed by atoms with E-state index in [4.69, 9.17) is 15.2 Å². The van der Waals surface area contributed by atoms with Crippen molar-refractivity contribution in [2.45, 2.75) is 19.9 Å². The first-order chi connectivity index (χ1) is 9.63. The molecule has 0 radical (unpaired) electrons. The minimum Gasteiger partial charge on any atom is -0.486 e. The van der Waals surface area contributed by atoms with Crippen molar-refractivity contribution in [3.8, 4) is 11.5 Å². The molecule has 0 fully saturated rings. The van der Waals surface area contributed by atoms with Crippen LogP contribution in [0.3, 0.4) is 0 Å². The molecule has 1 aliphatic rings. The fourth-order valence-electron chi connectivity index (χ4n) is 2.64. The zero-order valence-electron chi connectivity index (χ0n) is 11.8. The van der Waals surface area contributed by atoms with Gasteiger partial charge < -0.3 is 15.2 Å². The normalized spacial score (nSPS) is 14.9. The van der Waals surface area contributed by atoms with Gasteiger partial charge in [-0.2, -0.15) is 0 Å². The number of fused-ring (bicyclic) bond motifs is 1. The van der Waals surface area contributed by atoms with E-state index in [0.717, 1.165) is 22.6 Å². The molecule has 1 atom stereocenters. The van der Waals surface area contributed by atoms with Gasteiger partial charge in [-0.1, -0.05) is 35.4 Å². The van der Waals surface area contributed by atoms with Gasteiger partial charge in [0.15, 0.2) is 11.5 Å². The van der Waals surface area contributed by atoms with Crippen LogP contribution >= 0.6 is 0 Å².